The molecular formula is C15H10BrF3N2O2S. The topological polar surface area (TPSA) is 62.0 Å². The summed E-state index contributed by atoms with van der Waals surface area (Å²) in [6.45, 7) is 0. The van der Waals surface area contributed by atoms with Gasteiger partial charge >= 0.3 is 6.18 Å². The van der Waals surface area contributed by atoms with E-state index in [1.165, 1.54) is 12.1 Å². The third-order valence-electron chi connectivity index (χ3n) is 3.33. The third kappa shape index (κ3) is 3.27. The Morgan fingerprint density at radius 1 is 1.04 bits per heavy atom. The van der Waals surface area contributed by atoms with Crippen molar-refractivity contribution in [3.63, 3.8) is 0 Å². The minimum atomic E-state index is -4.69. The summed E-state index contributed by atoms with van der Waals surface area (Å²) in [6.07, 6.45) is -4.69. The van der Waals surface area contributed by atoms with E-state index in [9.17, 15) is 21.6 Å². The molecule has 0 aliphatic heterocycles. The maximum Gasteiger partial charge on any atom is 0.418 e. The molecule has 0 saturated heterocycles. The second-order valence-corrected chi connectivity index (χ2v) is 7.58. The van der Waals surface area contributed by atoms with Gasteiger partial charge in [0, 0.05) is 15.4 Å². The van der Waals surface area contributed by atoms with Gasteiger partial charge in [-0.25, -0.2) is 0 Å². The lowest BCUT2D eigenvalue weighted by atomic mass is 10.2. The monoisotopic (exact) mass is 418 g/mol. The van der Waals surface area contributed by atoms with Crippen LogP contribution in [0.3, 0.4) is 0 Å². The van der Waals surface area contributed by atoms with Crippen LogP contribution in [0, 0.1) is 0 Å². The second kappa shape index (κ2) is 5.82. The molecule has 0 fully saturated rings. The highest BCUT2D eigenvalue weighted by atomic mass is 79.9. The molecule has 9 heteroatoms. The number of nitrogens with one attached hydrogen (secondary N) is 2. The number of sulfonamides is 1. The predicted molar refractivity (Wildman–Crippen MR) is 88.3 cm³/mol. The van der Waals surface area contributed by atoms with Gasteiger partial charge in [0.1, 0.15) is 0 Å². The molecule has 1 aromatic heterocycles. The van der Waals surface area contributed by atoms with E-state index >= 15 is 0 Å². The van der Waals surface area contributed by atoms with Gasteiger partial charge in [0.15, 0.2) is 5.03 Å². The summed E-state index contributed by atoms with van der Waals surface area (Å²) in [5.74, 6) is 0. The van der Waals surface area contributed by atoms with Crippen molar-refractivity contribution in [3.8, 4) is 0 Å². The van der Waals surface area contributed by atoms with Crippen molar-refractivity contribution in [1.82, 2.24) is 4.98 Å². The minimum Gasteiger partial charge on any atom is -0.344 e. The summed E-state index contributed by atoms with van der Waals surface area (Å²) in [5.41, 5.74) is -1.04. The number of para-hydroxylation sites is 1. The fraction of sp³-hybridized carbons (Fsp3) is 0.0667. The Hall–Kier alpha value is -2.00. The average molecular weight is 419 g/mol. The molecule has 1 heterocycles. The number of benzene rings is 2. The number of hydrogen-bond acceptors (Lipinski definition) is 2. The summed E-state index contributed by atoms with van der Waals surface area (Å²) in [5, 5.41) is 0.435. The summed E-state index contributed by atoms with van der Waals surface area (Å²) >= 11 is 2.95. The molecule has 0 aliphatic rings. The van der Waals surface area contributed by atoms with Crippen molar-refractivity contribution in [3.05, 3.63) is 58.6 Å². The van der Waals surface area contributed by atoms with Gasteiger partial charge in [-0.05, 0) is 30.3 Å². The lowest BCUT2D eigenvalue weighted by molar-refractivity contribution is -0.136. The van der Waals surface area contributed by atoms with Crippen LogP contribution < -0.4 is 4.72 Å². The number of H-pyrrole nitrogens is 1. The summed E-state index contributed by atoms with van der Waals surface area (Å²) < 4.78 is 66.4. The van der Waals surface area contributed by atoms with E-state index in [0.717, 1.165) is 12.1 Å². The van der Waals surface area contributed by atoms with Crippen LogP contribution in [-0.4, -0.2) is 13.4 Å². The molecule has 3 rings (SSSR count). The Kier molecular flexibility index (Phi) is 4.08. The van der Waals surface area contributed by atoms with Crippen LogP contribution >= 0.6 is 15.9 Å². The molecule has 0 aliphatic carbocycles. The smallest absolute Gasteiger partial charge is 0.344 e. The first-order valence-electron chi connectivity index (χ1n) is 6.64. The molecule has 0 amide bonds. The Morgan fingerprint density at radius 2 is 1.75 bits per heavy atom. The van der Waals surface area contributed by atoms with Crippen LogP contribution in [0.2, 0.25) is 0 Å². The Morgan fingerprint density at radius 3 is 2.42 bits per heavy atom. The maximum absolute atomic E-state index is 13.1. The third-order valence-corrected chi connectivity index (χ3v) is 5.11. The number of aromatic nitrogens is 1. The van der Waals surface area contributed by atoms with Gasteiger partial charge in [-0.3, -0.25) is 4.72 Å². The van der Waals surface area contributed by atoms with Crippen LogP contribution in [0.15, 0.2) is 58.0 Å². The minimum absolute atomic E-state index is 0.198. The van der Waals surface area contributed by atoms with Gasteiger partial charge in [0.25, 0.3) is 10.0 Å². The van der Waals surface area contributed by atoms with Crippen molar-refractivity contribution in [2.24, 2.45) is 0 Å². The number of fused-ring (bicyclic) bond motifs is 1. The maximum atomic E-state index is 13.1. The van der Waals surface area contributed by atoms with E-state index in [1.54, 1.807) is 24.3 Å². The molecule has 3 aromatic rings. The number of hydrogen-bond donors (Lipinski definition) is 2. The zero-order valence-electron chi connectivity index (χ0n) is 11.9. The molecule has 2 N–H and O–H groups in total. The Bertz CT molecular complexity index is 980. The van der Waals surface area contributed by atoms with E-state index in [4.69, 9.17) is 0 Å². The highest BCUT2D eigenvalue weighted by molar-refractivity contribution is 9.10. The predicted octanol–water partition coefficient (Wildman–Crippen LogP) is 4.75. The van der Waals surface area contributed by atoms with E-state index in [1.807, 2.05) is 4.72 Å². The highest BCUT2D eigenvalue weighted by Gasteiger charge is 2.35. The first kappa shape index (κ1) is 16.8. The van der Waals surface area contributed by atoms with E-state index in [2.05, 4.69) is 20.9 Å². The lowest BCUT2D eigenvalue weighted by Gasteiger charge is -2.14. The van der Waals surface area contributed by atoms with Crippen LogP contribution in [0.1, 0.15) is 5.56 Å². The van der Waals surface area contributed by atoms with Crippen LogP contribution in [-0.2, 0) is 16.2 Å². The fourth-order valence-electron chi connectivity index (χ4n) is 2.23. The number of anilines is 1. The van der Waals surface area contributed by atoms with Gasteiger partial charge in [0.05, 0.1) is 11.3 Å². The number of aromatic amines is 1. The molecule has 0 spiro atoms. The molecule has 126 valence electrons. The normalized spacial score (nSPS) is 12.5. The number of halogens is 4. The highest BCUT2D eigenvalue weighted by Crippen LogP contribution is 2.37. The van der Waals surface area contributed by atoms with E-state index in [-0.39, 0.29) is 9.50 Å². The van der Waals surface area contributed by atoms with Crippen molar-refractivity contribution in [2.75, 3.05) is 4.72 Å². The van der Waals surface area contributed by atoms with E-state index in [0.29, 0.717) is 10.9 Å². The van der Waals surface area contributed by atoms with E-state index < -0.39 is 27.5 Å². The molecule has 0 bridgehead atoms. The van der Waals surface area contributed by atoms with Gasteiger partial charge < -0.3 is 4.98 Å². The Labute approximate surface area is 143 Å². The van der Waals surface area contributed by atoms with Crippen LogP contribution in [0.5, 0.6) is 0 Å². The molecule has 0 unspecified atom stereocenters. The van der Waals surface area contributed by atoms with Gasteiger partial charge in [-0.15, -0.1) is 0 Å². The van der Waals surface area contributed by atoms with Gasteiger partial charge in [-0.2, -0.15) is 21.6 Å². The number of alkyl halides is 3. The summed E-state index contributed by atoms with van der Waals surface area (Å²) in [7, 11) is -4.19. The van der Waals surface area contributed by atoms with Gasteiger partial charge in [-0.1, -0.05) is 34.1 Å². The summed E-state index contributed by atoms with van der Waals surface area (Å²) in [6, 6.07) is 11.4. The average Bonchev–Trinajstić information content (AvgIpc) is 2.93. The first-order valence-corrected chi connectivity index (χ1v) is 8.92. The van der Waals surface area contributed by atoms with Crippen molar-refractivity contribution in [2.45, 2.75) is 11.2 Å². The zero-order valence-corrected chi connectivity index (χ0v) is 14.3. The van der Waals surface area contributed by atoms with Gasteiger partial charge in [0.2, 0.25) is 0 Å². The number of rotatable bonds is 3. The SMILES string of the molecule is O=S(=O)(Nc1ccc(Br)cc1C(F)(F)F)c1cc2ccccc2[nH]1. The van der Waals surface area contributed by atoms with Crippen LogP contribution in [0.25, 0.3) is 10.9 Å². The van der Waals surface area contributed by atoms with Crippen molar-refractivity contribution >= 4 is 42.5 Å². The van der Waals surface area contributed by atoms with Crippen molar-refractivity contribution < 1.29 is 21.6 Å². The molecule has 4 nitrogen and oxygen atoms in total. The van der Waals surface area contributed by atoms with Crippen LogP contribution in [0.4, 0.5) is 18.9 Å². The standard InChI is InChI=1S/C15H10BrF3N2O2S/c16-10-5-6-13(11(8-10)15(17,18)19)21-24(22,23)14-7-9-3-1-2-4-12(9)20-14/h1-8,20-21H. The molecule has 0 radical (unpaired) electrons. The largest absolute Gasteiger partial charge is 0.418 e. The molecule has 24 heavy (non-hydrogen) atoms. The Balaban J connectivity index is 2.04. The lowest BCUT2D eigenvalue weighted by Crippen LogP contribution is -2.17. The second-order valence-electron chi connectivity index (χ2n) is 5.01. The van der Waals surface area contributed by atoms with Crippen molar-refractivity contribution in [1.29, 1.82) is 0 Å². The zero-order chi connectivity index (χ0) is 17.5. The molecule has 2 aromatic carbocycles. The quantitative estimate of drug-likeness (QED) is 0.644. The summed E-state index contributed by atoms with van der Waals surface area (Å²) in [4.78, 5) is 2.68. The fourth-order valence-corrected chi connectivity index (χ4v) is 3.70. The molecular weight excluding hydrogens is 409 g/mol. The first-order chi connectivity index (χ1) is 11.2. The molecule has 0 atom stereocenters. The molecule has 0 saturated carbocycles.